The number of aliphatic carboxylic acids is 1. The van der Waals surface area contributed by atoms with E-state index < -0.39 is 17.9 Å². The highest BCUT2D eigenvalue weighted by Gasteiger charge is 2.33. The highest BCUT2D eigenvalue weighted by atomic mass is 16.4. The molecule has 0 aromatic carbocycles. The second kappa shape index (κ2) is 4.96. The Bertz CT molecular complexity index is 298. The largest absolute Gasteiger partial charge is 0.481 e. The average molecular weight is 228 g/mol. The van der Waals surface area contributed by atoms with Crippen molar-refractivity contribution in [2.75, 3.05) is 13.1 Å². The molecule has 6 nitrogen and oxygen atoms in total. The molecular weight excluding hydrogens is 212 g/mol. The third-order valence-corrected chi connectivity index (χ3v) is 2.45. The van der Waals surface area contributed by atoms with Crippen molar-refractivity contribution in [2.24, 2.45) is 11.8 Å². The SMILES string of the molecule is CC(C)C[C@@H](CN1C(=O)CNC1=O)C(=O)O. The van der Waals surface area contributed by atoms with Gasteiger partial charge in [-0.15, -0.1) is 0 Å². The van der Waals surface area contributed by atoms with Gasteiger partial charge in [0.05, 0.1) is 12.5 Å². The maximum atomic E-state index is 11.3. The zero-order valence-electron chi connectivity index (χ0n) is 9.40. The maximum Gasteiger partial charge on any atom is 0.324 e. The Morgan fingerprint density at radius 2 is 2.12 bits per heavy atom. The van der Waals surface area contributed by atoms with E-state index in [1.54, 1.807) is 0 Å². The topological polar surface area (TPSA) is 86.7 Å². The number of carboxylic acid groups (broad SMARTS) is 1. The summed E-state index contributed by atoms with van der Waals surface area (Å²) < 4.78 is 0. The summed E-state index contributed by atoms with van der Waals surface area (Å²) in [6, 6.07) is -0.500. The minimum atomic E-state index is -0.971. The average Bonchev–Trinajstić information content (AvgIpc) is 2.47. The Balaban J connectivity index is 2.64. The number of amides is 3. The molecule has 0 aliphatic carbocycles. The first-order chi connectivity index (χ1) is 7.41. The number of nitrogens with one attached hydrogen (secondary N) is 1. The van der Waals surface area contributed by atoms with Gasteiger partial charge in [-0.2, -0.15) is 0 Å². The number of carbonyl (C=O) groups excluding carboxylic acids is 2. The van der Waals surface area contributed by atoms with Gasteiger partial charge in [0.1, 0.15) is 0 Å². The summed E-state index contributed by atoms with van der Waals surface area (Å²) in [6.07, 6.45) is 0.451. The van der Waals surface area contributed by atoms with Crippen LogP contribution in [0.1, 0.15) is 20.3 Å². The molecule has 0 radical (unpaired) electrons. The molecule has 1 aliphatic rings. The molecule has 6 heteroatoms. The smallest absolute Gasteiger partial charge is 0.324 e. The molecule has 0 bridgehead atoms. The highest BCUT2D eigenvalue weighted by molar-refractivity contribution is 6.02. The van der Waals surface area contributed by atoms with Crippen molar-refractivity contribution in [3.8, 4) is 0 Å². The van der Waals surface area contributed by atoms with Crippen LogP contribution in [0.25, 0.3) is 0 Å². The van der Waals surface area contributed by atoms with Gasteiger partial charge >= 0.3 is 12.0 Å². The quantitative estimate of drug-likeness (QED) is 0.662. The van der Waals surface area contributed by atoms with E-state index in [0.29, 0.717) is 6.42 Å². The third kappa shape index (κ3) is 2.95. The van der Waals surface area contributed by atoms with Crippen molar-refractivity contribution in [2.45, 2.75) is 20.3 Å². The fourth-order valence-corrected chi connectivity index (χ4v) is 1.68. The van der Waals surface area contributed by atoms with Gasteiger partial charge < -0.3 is 10.4 Å². The second-order valence-corrected chi connectivity index (χ2v) is 4.33. The first kappa shape index (κ1) is 12.5. The van der Waals surface area contributed by atoms with E-state index in [1.165, 1.54) is 0 Å². The third-order valence-electron chi connectivity index (χ3n) is 2.45. The molecule has 0 spiro atoms. The molecule has 1 fully saturated rings. The van der Waals surface area contributed by atoms with Crippen LogP contribution in [0, 0.1) is 11.8 Å². The Morgan fingerprint density at radius 3 is 2.50 bits per heavy atom. The van der Waals surface area contributed by atoms with Crippen molar-refractivity contribution < 1.29 is 19.5 Å². The number of carbonyl (C=O) groups is 3. The first-order valence-corrected chi connectivity index (χ1v) is 5.22. The van der Waals surface area contributed by atoms with E-state index in [0.717, 1.165) is 4.90 Å². The van der Waals surface area contributed by atoms with Crippen molar-refractivity contribution in [3.05, 3.63) is 0 Å². The van der Waals surface area contributed by atoms with Crippen molar-refractivity contribution >= 4 is 17.9 Å². The molecule has 2 N–H and O–H groups in total. The van der Waals surface area contributed by atoms with Gasteiger partial charge in [0, 0.05) is 6.54 Å². The Kier molecular flexibility index (Phi) is 3.87. The van der Waals surface area contributed by atoms with Gasteiger partial charge in [0.15, 0.2) is 0 Å². The number of hydrogen-bond acceptors (Lipinski definition) is 3. The Labute approximate surface area is 93.6 Å². The summed E-state index contributed by atoms with van der Waals surface area (Å²) in [5.74, 6) is -1.81. The monoisotopic (exact) mass is 228 g/mol. The summed E-state index contributed by atoms with van der Waals surface area (Å²) in [6.45, 7) is 3.73. The van der Waals surface area contributed by atoms with E-state index in [2.05, 4.69) is 5.32 Å². The van der Waals surface area contributed by atoms with Gasteiger partial charge in [0.25, 0.3) is 0 Å². The minimum Gasteiger partial charge on any atom is -0.481 e. The fourth-order valence-electron chi connectivity index (χ4n) is 1.68. The van der Waals surface area contributed by atoms with E-state index >= 15 is 0 Å². The highest BCUT2D eigenvalue weighted by Crippen LogP contribution is 2.15. The predicted molar refractivity (Wildman–Crippen MR) is 55.7 cm³/mol. The molecule has 0 unspecified atom stereocenters. The van der Waals surface area contributed by atoms with Crippen LogP contribution in [0.3, 0.4) is 0 Å². The number of urea groups is 1. The lowest BCUT2D eigenvalue weighted by Crippen LogP contribution is -2.38. The molecular formula is C10H16N2O4. The van der Waals surface area contributed by atoms with E-state index in [1.807, 2.05) is 13.8 Å². The van der Waals surface area contributed by atoms with Crippen LogP contribution in [-0.2, 0) is 9.59 Å². The number of rotatable bonds is 5. The minimum absolute atomic E-state index is 0.0349. The molecule has 16 heavy (non-hydrogen) atoms. The van der Waals surface area contributed by atoms with Gasteiger partial charge in [-0.05, 0) is 12.3 Å². The van der Waals surface area contributed by atoms with Crippen LogP contribution < -0.4 is 5.32 Å². The fraction of sp³-hybridized carbons (Fsp3) is 0.700. The van der Waals surface area contributed by atoms with Crippen LogP contribution in [0.4, 0.5) is 4.79 Å². The second-order valence-electron chi connectivity index (χ2n) is 4.33. The number of hydrogen-bond donors (Lipinski definition) is 2. The van der Waals surface area contributed by atoms with Gasteiger partial charge in [0.2, 0.25) is 5.91 Å². The molecule has 1 atom stereocenters. The molecule has 1 heterocycles. The molecule has 0 saturated carbocycles. The van der Waals surface area contributed by atoms with Crippen molar-refractivity contribution in [1.82, 2.24) is 10.2 Å². The molecule has 1 saturated heterocycles. The van der Waals surface area contributed by atoms with Crippen LogP contribution in [0.15, 0.2) is 0 Å². The van der Waals surface area contributed by atoms with Crippen LogP contribution in [0.2, 0.25) is 0 Å². The number of nitrogens with zero attached hydrogens (tertiary/aromatic N) is 1. The summed E-state index contributed by atoms with van der Waals surface area (Å²) >= 11 is 0. The Hall–Kier alpha value is -1.59. The molecule has 1 rings (SSSR count). The summed E-state index contributed by atoms with van der Waals surface area (Å²) in [5.41, 5.74) is 0. The molecule has 1 aliphatic heterocycles. The maximum absolute atomic E-state index is 11.3. The van der Waals surface area contributed by atoms with E-state index in [4.69, 9.17) is 5.11 Å². The predicted octanol–water partition coefficient (Wildman–Crippen LogP) is 0.285. The van der Waals surface area contributed by atoms with E-state index in [-0.39, 0.29) is 24.9 Å². The molecule has 90 valence electrons. The van der Waals surface area contributed by atoms with Gasteiger partial charge in [-0.3, -0.25) is 14.5 Å². The van der Waals surface area contributed by atoms with E-state index in [9.17, 15) is 14.4 Å². The first-order valence-electron chi connectivity index (χ1n) is 5.22. The molecule has 0 aromatic rings. The summed E-state index contributed by atoms with van der Waals surface area (Å²) in [4.78, 5) is 34.4. The lowest BCUT2D eigenvalue weighted by atomic mass is 9.97. The van der Waals surface area contributed by atoms with Gasteiger partial charge in [-0.1, -0.05) is 13.8 Å². The lowest BCUT2D eigenvalue weighted by Gasteiger charge is -2.19. The molecule has 0 aromatic heterocycles. The Morgan fingerprint density at radius 1 is 1.50 bits per heavy atom. The number of carboxylic acids is 1. The van der Waals surface area contributed by atoms with Crippen LogP contribution >= 0.6 is 0 Å². The van der Waals surface area contributed by atoms with Crippen molar-refractivity contribution in [1.29, 1.82) is 0 Å². The summed E-state index contributed by atoms with van der Waals surface area (Å²) in [7, 11) is 0. The zero-order valence-corrected chi connectivity index (χ0v) is 9.40. The van der Waals surface area contributed by atoms with Crippen molar-refractivity contribution in [3.63, 3.8) is 0 Å². The lowest BCUT2D eigenvalue weighted by molar-refractivity contribution is -0.143. The zero-order chi connectivity index (χ0) is 12.3. The standard InChI is InChI=1S/C10H16N2O4/c1-6(2)3-7(9(14)15)5-12-8(13)4-11-10(12)16/h6-7H,3-5H2,1-2H3,(H,11,16)(H,14,15)/t7-/m0/s1. The van der Waals surface area contributed by atoms with Gasteiger partial charge in [-0.25, -0.2) is 4.79 Å². The number of imide groups is 1. The molecule has 3 amide bonds. The van der Waals surface area contributed by atoms with Crippen LogP contribution in [-0.4, -0.2) is 41.0 Å². The normalized spacial score (nSPS) is 17.8. The summed E-state index contributed by atoms with van der Waals surface area (Å²) in [5, 5.41) is 11.3. The van der Waals surface area contributed by atoms with Crippen LogP contribution in [0.5, 0.6) is 0 Å².